The summed E-state index contributed by atoms with van der Waals surface area (Å²) >= 11 is 7.80. The first-order valence-corrected chi connectivity index (χ1v) is 47.1. The number of halogens is 11. The lowest BCUT2D eigenvalue weighted by Gasteiger charge is -2.16. The van der Waals surface area contributed by atoms with Crippen molar-refractivity contribution in [3.05, 3.63) is 275 Å². The summed E-state index contributed by atoms with van der Waals surface area (Å²) in [6.45, 7) is 29.9. The second-order valence-corrected chi connectivity index (χ2v) is 35.4. The molecular formula is C108H137ClF10O15S. The Morgan fingerprint density at radius 3 is 1.41 bits per heavy atom. The first-order valence-electron chi connectivity index (χ1n) is 45.9. The van der Waals surface area contributed by atoms with Crippen LogP contribution in [0.4, 0.5) is 43.9 Å². The summed E-state index contributed by atoms with van der Waals surface area (Å²) < 4.78 is 200. The van der Waals surface area contributed by atoms with Gasteiger partial charge in [0.15, 0.2) is 57.6 Å². The highest BCUT2D eigenvalue weighted by Crippen LogP contribution is 2.41. The molecule has 4 atom stereocenters. The van der Waals surface area contributed by atoms with Gasteiger partial charge in [-0.15, -0.1) is 11.3 Å². The van der Waals surface area contributed by atoms with Crippen LogP contribution in [0, 0.1) is 86.8 Å². The predicted octanol–water partition coefficient (Wildman–Crippen LogP) is 29.1. The van der Waals surface area contributed by atoms with Crippen LogP contribution >= 0.6 is 22.9 Å². The number of aryl methyl sites for hydroxylation is 12. The zero-order chi connectivity index (χ0) is 99.2. The highest BCUT2D eigenvalue weighted by atomic mass is 35.5. The van der Waals surface area contributed by atoms with Crippen LogP contribution in [0.3, 0.4) is 0 Å². The van der Waals surface area contributed by atoms with E-state index in [1.807, 2.05) is 107 Å². The average molecular weight is 1930 g/mol. The van der Waals surface area contributed by atoms with Gasteiger partial charge in [-0.2, -0.15) is 35.1 Å². The average Bonchev–Trinajstić information content (AvgIpc) is 1.13. The summed E-state index contributed by atoms with van der Waals surface area (Å²) in [5.74, 6) is 5.24. The highest BCUT2D eigenvalue weighted by molar-refractivity contribution is 7.09. The van der Waals surface area contributed by atoms with Crippen molar-refractivity contribution in [1.82, 2.24) is 0 Å². The maximum Gasteiger partial charge on any atom is 0.419 e. The fourth-order valence-corrected chi connectivity index (χ4v) is 15.0. The number of rotatable bonds is 29. The Hall–Kier alpha value is -10.1. The Kier molecular flexibility index (Phi) is 50.3. The molecule has 1 N–H and O–H groups in total. The van der Waals surface area contributed by atoms with E-state index in [1.54, 1.807) is 72.4 Å². The Morgan fingerprint density at radius 1 is 0.444 bits per heavy atom. The van der Waals surface area contributed by atoms with Crippen LogP contribution < -0.4 is 52.1 Å². The van der Waals surface area contributed by atoms with Gasteiger partial charge in [-0.25, -0.2) is 8.78 Å². The van der Waals surface area contributed by atoms with Crippen molar-refractivity contribution in [3.63, 3.8) is 0 Å². The zero-order valence-corrected chi connectivity index (χ0v) is 82.8. The first kappa shape index (κ1) is 114. The molecule has 2 saturated carbocycles. The number of para-hydroxylation sites is 1. The molecule has 14 rings (SSSR count). The molecule has 4 aliphatic rings. The van der Waals surface area contributed by atoms with Crippen molar-refractivity contribution >= 4 is 22.9 Å². The Bertz CT molecular complexity index is 5030. The van der Waals surface area contributed by atoms with Crippen molar-refractivity contribution in [2.45, 2.75) is 249 Å². The van der Waals surface area contributed by atoms with Crippen molar-refractivity contribution in [1.29, 1.82) is 0 Å². The van der Waals surface area contributed by atoms with E-state index >= 15 is 0 Å². The fraction of sp³-hybridized carbons (Fsp3) is 0.463. The number of benzene rings is 9. The van der Waals surface area contributed by atoms with Crippen molar-refractivity contribution in [2.75, 3.05) is 74.2 Å². The molecule has 4 fully saturated rings. The van der Waals surface area contributed by atoms with E-state index < -0.39 is 35.9 Å². The van der Waals surface area contributed by atoms with Crippen LogP contribution in [0.2, 0.25) is 5.02 Å². The van der Waals surface area contributed by atoms with Gasteiger partial charge in [0.2, 0.25) is 0 Å². The number of alkyl halides is 8. The standard InChI is InChI=1S/C13H13ClS.C13H15F3O2.C13H17F3O2.C13H18O3.2C13H18O2.C13H20O2.C9H11FO.C8H7F3O/c1-10-4-6-12(14)9-11(10)5-7-13-3-2-8-15-13;1-9-4-5-12(11(7-9)13(14,15)16)18-8-10-3-2-6-17-10;1-9(2)17-6-7-18-12-5-4-10(3)8-11(12)13(14,15)16;1-9-3-6-12(13(7-9)15-2)16-11-5-4-10(14)8-11;1-10-5-6-13(11(2)8-10)15-9-12-4-3-7-14-12;1-10-7-8-12(13(9-10)14-2)15-11-5-3-4-6-11;1-10(2)7-8-15-12-6-5-11(3)9-13(12)14-4;1-3-11-8-6-4-5-7(2)9(8)10;1-5-3-2-4-6(9)7(5)12-8(10)11/h2-4,6,8-9H,5,7H2,1H3;4-5,7,10H,2-3,6,8H2,1H3;4-5,8-9H,6-7H2,1-3H3;3,6-7,10-11,14H,4-5,8H2,1-2H3;5-6,8,12H,3-4,7,9H2,1-2H3;7-9,11H,3-6H2,1-2H3;5-6,9-10H,7-8H2,1-4H3;4-6H,3H2,1-2H3;2-4,8H,1H3. The summed E-state index contributed by atoms with van der Waals surface area (Å²) in [5.41, 5.74) is 9.32. The van der Waals surface area contributed by atoms with E-state index in [0.717, 1.165) is 140 Å². The van der Waals surface area contributed by atoms with Gasteiger partial charge in [0.25, 0.3) is 0 Å². The highest BCUT2D eigenvalue weighted by Gasteiger charge is 2.36. The van der Waals surface area contributed by atoms with Crippen LogP contribution in [0.15, 0.2) is 181 Å². The number of aliphatic hydroxyl groups excluding tert-OH is 1. The van der Waals surface area contributed by atoms with Gasteiger partial charge in [0, 0.05) is 29.5 Å². The molecule has 10 aromatic rings. The molecule has 15 nitrogen and oxygen atoms in total. The lowest BCUT2D eigenvalue weighted by atomic mass is 10.0. The molecule has 2 aliphatic carbocycles. The smallest absolute Gasteiger partial charge is 0.419 e. The Balaban J connectivity index is 0.000000234. The molecule has 1 aromatic heterocycles. The fourth-order valence-electron chi connectivity index (χ4n) is 14.1. The van der Waals surface area contributed by atoms with Gasteiger partial charge < -0.3 is 71.4 Å². The number of thiophene rings is 1. The van der Waals surface area contributed by atoms with E-state index in [2.05, 4.69) is 94.1 Å². The first-order chi connectivity index (χ1) is 64.2. The van der Waals surface area contributed by atoms with Gasteiger partial charge in [0.05, 0.1) is 82.8 Å². The quantitative estimate of drug-likeness (QED) is 0.0350. The SMILES string of the molecule is CCOc1cccc(C)c1F.COc1cc(C)ccc1OC1CCC(O)C1.COc1cc(C)ccc1OC1CCCC1.COc1cc(C)ccc1OCCC(C)C.Cc1ccc(Cl)cc1CCc1cccs1.Cc1ccc(OCC2CCCO2)c(C(F)(F)F)c1.Cc1ccc(OCC2CCCO2)c(C)c1.Cc1ccc(OCCOC(C)C)c(C(F)(F)F)c1.Cc1cccc(F)c1OC(F)F. The van der Waals surface area contributed by atoms with Gasteiger partial charge in [-0.05, 0) is 326 Å². The molecule has 4 unspecified atom stereocenters. The third-order valence-electron chi connectivity index (χ3n) is 21.4. The van der Waals surface area contributed by atoms with Crippen LogP contribution in [-0.4, -0.2) is 123 Å². The van der Waals surface area contributed by atoms with Crippen LogP contribution in [0.5, 0.6) is 63.2 Å². The number of aliphatic hydroxyl groups is 1. The minimum absolute atomic E-state index is 0.0358. The number of ether oxygens (including phenoxy) is 14. The van der Waals surface area contributed by atoms with E-state index in [4.69, 9.17) is 73.2 Å². The molecule has 0 bridgehead atoms. The molecule has 2 aliphatic heterocycles. The summed E-state index contributed by atoms with van der Waals surface area (Å²) in [5, 5.41) is 12.4. The van der Waals surface area contributed by atoms with E-state index in [0.29, 0.717) is 65.9 Å². The van der Waals surface area contributed by atoms with Crippen LogP contribution in [0.25, 0.3) is 0 Å². The molecule has 9 aromatic carbocycles. The number of methoxy groups -OCH3 is 3. The van der Waals surface area contributed by atoms with Crippen LogP contribution in [-0.2, 0) is 39.4 Å². The van der Waals surface area contributed by atoms with Crippen molar-refractivity contribution < 1.29 is 115 Å². The van der Waals surface area contributed by atoms with Gasteiger partial charge in [-0.1, -0.05) is 121 Å². The van der Waals surface area contributed by atoms with Gasteiger partial charge in [0.1, 0.15) is 43.2 Å². The molecule has 0 spiro atoms. The Morgan fingerprint density at radius 2 is 0.933 bits per heavy atom. The molecule has 742 valence electrons. The zero-order valence-electron chi connectivity index (χ0n) is 81.2. The molecule has 135 heavy (non-hydrogen) atoms. The van der Waals surface area contributed by atoms with Gasteiger partial charge >= 0.3 is 19.0 Å². The second kappa shape index (κ2) is 59.8. The topological polar surface area (TPSA) is 149 Å². The summed E-state index contributed by atoms with van der Waals surface area (Å²) in [7, 11) is 5.01. The molecule has 2 saturated heterocycles. The van der Waals surface area contributed by atoms with Crippen molar-refractivity contribution in [3.8, 4) is 63.2 Å². The molecule has 0 radical (unpaired) electrons. The molecule has 3 heterocycles. The summed E-state index contributed by atoms with van der Waals surface area (Å²) in [4.78, 5) is 1.44. The largest absolute Gasteiger partial charge is 0.493 e. The predicted molar refractivity (Wildman–Crippen MR) is 517 cm³/mol. The van der Waals surface area contributed by atoms with Crippen LogP contribution in [0.1, 0.15) is 189 Å². The van der Waals surface area contributed by atoms with E-state index in [1.165, 1.54) is 102 Å². The second-order valence-electron chi connectivity index (χ2n) is 33.9. The number of hydrogen-bond acceptors (Lipinski definition) is 16. The molecule has 0 amide bonds. The van der Waals surface area contributed by atoms with Crippen molar-refractivity contribution in [2.24, 2.45) is 5.92 Å². The maximum absolute atomic E-state index is 13.1. The lowest BCUT2D eigenvalue weighted by molar-refractivity contribution is -0.140. The summed E-state index contributed by atoms with van der Waals surface area (Å²) in [6.07, 6.45) is 6.48. The van der Waals surface area contributed by atoms with Gasteiger partial charge in [-0.3, -0.25) is 0 Å². The minimum Gasteiger partial charge on any atom is -0.493 e. The monoisotopic (exact) mass is 1930 g/mol. The normalized spacial score (nSPS) is 15.4. The minimum atomic E-state index is -4.40. The Labute approximate surface area is 801 Å². The summed E-state index contributed by atoms with van der Waals surface area (Å²) in [6, 6.07) is 51.9. The maximum atomic E-state index is 13.1. The molecule has 27 heteroatoms. The van der Waals surface area contributed by atoms with E-state index in [-0.39, 0.29) is 67.3 Å². The molecular weight excluding hydrogens is 1790 g/mol. The third-order valence-corrected chi connectivity index (χ3v) is 22.6. The van der Waals surface area contributed by atoms with E-state index in [9.17, 15) is 49.0 Å². The number of hydrogen-bond donors (Lipinski definition) is 1. The third kappa shape index (κ3) is 43.0. The lowest BCUT2D eigenvalue weighted by Crippen LogP contribution is -2.18.